The minimum Gasteiger partial charge on any atom is -0.356 e. The van der Waals surface area contributed by atoms with Crippen LogP contribution in [0.15, 0.2) is 24.3 Å². The number of hydrogen-bond acceptors (Lipinski definition) is 3. The van der Waals surface area contributed by atoms with E-state index in [-0.39, 0.29) is 0 Å². The van der Waals surface area contributed by atoms with Gasteiger partial charge in [0, 0.05) is 13.2 Å². The van der Waals surface area contributed by atoms with E-state index in [0.29, 0.717) is 26.8 Å². The Kier molecular flexibility index (Phi) is 31.8. The average molecular weight is 385 g/mol. The molecule has 0 atom stereocenters. The predicted molar refractivity (Wildman–Crippen MR) is 119 cm³/mol. The highest BCUT2D eigenvalue weighted by Crippen LogP contribution is 2.09. The molecule has 162 valence electrons. The molecule has 0 aliphatic rings. The van der Waals surface area contributed by atoms with Gasteiger partial charge in [0.1, 0.15) is 13.6 Å². The lowest BCUT2D eigenvalue weighted by Gasteiger charge is -2.02. The zero-order valence-corrected chi connectivity index (χ0v) is 18.8. The Hall–Kier alpha value is -0.640. The molecule has 0 aromatic carbocycles. The predicted octanol–water partition coefficient (Wildman–Crippen LogP) is 7.81. The van der Waals surface area contributed by atoms with Gasteiger partial charge in [-0.1, -0.05) is 76.7 Å². The van der Waals surface area contributed by atoms with Crippen LogP contribution in [0.3, 0.4) is 0 Å². The lowest BCUT2D eigenvalue weighted by Crippen LogP contribution is -2.03. The summed E-state index contributed by atoms with van der Waals surface area (Å²) in [5, 5.41) is 0. The van der Waals surface area contributed by atoms with E-state index in [1.165, 1.54) is 77.0 Å². The summed E-state index contributed by atoms with van der Waals surface area (Å²) in [7, 11) is 0. The molecule has 3 heteroatoms. The normalized spacial score (nSPS) is 11.3. The van der Waals surface area contributed by atoms with Crippen molar-refractivity contribution in [2.45, 2.75) is 105 Å². The molecular formula is C24H48O3. The molecule has 0 N–H and O–H groups in total. The highest BCUT2D eigenvalue weighted by atomic mass is 16.7. The van der Waals surface area contributed by atoms with Crippen LogP contribution in [0.4, 0.5) is 0 Å². The first kappa shape index (κ1) is 28.6. The molecule has 0 radical (unpaired) electrons. The van der Waals surface area contributed by atoms with Crippen molar-refractivity contribution < 1.29 is 14.2 Å². The summed E-state index contributed by atoms with van der Waals surface area (Å²) < 4.78 is 14.6. The van der Waals surface area contributed by atoms with Crippen LogP contribution < -0.4 is 0 Å². The maximum atomic E-state index is 4.88. The smallest absolute Gasteiger partial charge is 0.149 e. The van der Waals surface area contributed by atoms with E-state index in [4.69, 9.17) is 14.2 Å². The topological polar surface area (TPSA) is 27.7 Å². The van der Waals surface area contributed by atoms with Gasteiger partial charge >= 0.3 is 0 Å². The van der Waals surface area contributed by atoms with Gasteiger partial charge in [0.15, 0.2) is 0 Å². The molecule has 27 heavy (non-hydrogen) atoms. The Labute approximate surface area is 170 Å². The molecule has 0 saturated heterocycles. The first-order chi connectivity index (χ1) is 13.3. The molecule has 0 unspecified atom stereocenters. The molecule has 0 aliphatic carbocycles. The van der Waals surface area contributed by atoms with Gasteiger partial charge in [0.05, 0.1) is 0 Å². The van der Waals surface area contributed by atoms with Crippen LogP contribution in [-0.4, -0.2) is 26.8 Å². The van der Waals surface area contributed by atoms with Crippen LogP contribution in [0.1, 0.15) is 105 Å². The fourth-order valence-electron chi connectivity index (χ4n) is 2.39. The van der Waals surface area contributed by atoms with Crippen molar-refractivity contribution >= 4 is 0 Å². The monoisotopic (exact) mass is 384 g/mol. The van der Waals surface area contributed by atoms with Crippen LogP contribution in [0.2, 0.25) is 0 Å². The zero-order valence-electron chi connectivity index (χ0n) is 18.8. The molecule has 3 nitrogen and oxygen atoms in total. The number of unbranched alkanes of at least 4 members (excludes halogenated alkanes) is 9. The number of allylic oxidation sites excluding steroid dienone is 4. The molecule has 0 bridgehead atoms. The molecule has 0 aromatic rings. The quantitative estimate of drug-likeness (QED) is 0.129. The molecular weight excluding hydrogens is 336 g/mol. The third-order valence-corrected chi connectivity index (χ3v) is 4.03. The summed E-state index contributed by atoms with van der Waals surface area (Å²) in [6.45, 7) is 10.3. The Morgan fingerprint density at radius 1 is 0.481 bits per heavy atom. The minimum atomic E-state index is 0.330. The van der Waals surface area contributed by atoms with Crippen molar-refractivity contribution in [1.29, 1.82) is 0 Å². The van der Waals surface area contributed by atoms with E-state index in [9.17, 15) is 0 Å². The van der Waals surface area contributed by atoms with E-state index in [1.54, 1.807) is 0 Å². The number of rotatable bonds is 19. The minimum absolute atomic E-state index is 0.330. The Balaban J connectivity index is 0. The molecule has 0 rings (SSSR count). The molecule has 0 spiro atoms. The van der Waals surface area contributed by atoms with Crippen LogP contribution in [0, 0.1) is 0 Å². The van der Waals surface area contributed by atoms with Gasteiger partial charge in [-0.25, -0.2) is 0 Å². The third-order valence-electron chi connectivity index (χ3n) is 4.03. The fraction of sp³-hybridized carbons (Fsp3) is 0.833. The van der Waals surface area contributed by atoms with E-state index in [1.807, 2.05) is 13.8 Å². The van der Waals surface area contributed by atoms with Gasteiger partial charge < -0.3 is 14.2 Å². The van der Waals surface area contributed by atoms with Gasteiger partial charge in [-0.05, 0) is 52.4 Å². The van der Waals surface area contributed by atoms with E-state index < -0.39 is 0 Å². The lowest BCUT2D eigenvalue weighted by atomic mass is 10.1. The molecule has 0 aromatic heterocycles. The van der Waals surface area contributed by atoms with Gasteiger partial charge in [-0.3, -0.25) is 0 Å². The van der Waals surface area contributed by atoms with Crippen molar-refractivity contribution in [3.63, 3.8) is 0 Å². The lowest BCUT2D eigenvalue weighted by molar-refractivity contribution is -0.126. The Morgan fingerprint density at radius 3 is 1.37 bits per heavy atom. The maximum Gasteiger partial charge on any atom is 0.149 e. The second-order valence-electron chi connectivity index (χ2n) is 6.62. The van der Waals surface area contributed by atoms with Gasteiger partial charge in [0.25, 0.3) is 0 Å². The van der Waals surface area contributed by atoms with Crippen molar-refractivity contribution in [3.8, 4) is 0 Å². The number of ether oxygens (including phenoxy) is 3. The van der Waals surface area contributed by atoms with Crippen molar-refractivity contribution in [3.05, 3.63) is 24.3 Å². The standard InChI is InChI=1S/C18H34.C6H14O3/c1-3-5-7-9-11-13-15-17-18-16-14-12-10-8-6-4-2;1-3-7-5-9-6-8-4-2/h5,7,10,12H,3-4,6,8-9,11,13-18H2,1-2H3;3-6H2,1-2H3/b7-5-,12-10+;. The first-order valence-corrected chi connectivity index (χ1v) is 11.4. The summed E-state index contributed by atoms with van der Waals surface area (Å²) in [5.41, 5.74) is 0. The van der Waals surface area contributed by atoms with Gasteiger partial charge in [-0.15, -0.1) is 0 Å². The van der Waals surface area contributed by atoms with Gasteiger partial charge in [0.2, 0.25) is 0 Å². The molecule has 0 saturated carbocycles. The second kappa shape index (κ2) is 30.1. The molecule has 0 aliphatic heterocycles. The summed E-state index contributed by atoms with van der Waals surface area (Å²) in [4.78, 5) is 0. The average Bonchev–Trinajstić information content (AvgIpc) is 2.69. The largest absolute Gasteiger partial charge is 0.356 e. The molecule has 0 heterocycles. The molecule has 0 amide bonds. The van der Waals surface area contributed by atoms with Crippen LogP contribution in [0.5, 0.6) is 0 Å². The van der Waals surface area contributed by atoms with E-state index in [0.717, 1.165) is 0 Å². The van der Waals surface area contributed by atoms with Crippen molar-refractivity contribution in [2.75, 3.05) is 26.8 Å². The molecule has 0 fully saturated rings. The third kappa shape index (κ3) is 33.4. The summed E-state index contributed by atoms with van der Waals surface area (Å²) in [5.74, 6) is 0. The van der Waals surface area contributed by atoms with Crippen molar-refractivity contribution in [2.24, 2.45) is 0 Å². The summed E-state index contributed by atoms with van der Waals surface area (Å²) >= 11 is 0. The SMILES string of the molecule is CC/C=C\CCCCCCCC/C=C/CCCC.CCOCOCOCC. The Bertz CT molecular complexity index is 281. The van der Waals surface area contributed by atoms with Crippen LogP contribution in [-0.2, 0) is 14.2 Å². The first-order valence-electron chi connectivity index (χ1n) is 11.4. The second-order valence-corrected chi connectivity index (χ2v) is 6.62. The number of hydrogen-bond donors (Lipinski definition) is 0. The highest BCUT2D eigenvalue weighted by Gasteiger charge is 1.90. The van der Waals surface area contributed by atoms with Crippen molar-refractivity contribution in [1.82, 2.24) is 0 Å². The van der Waals surface area contributed by atoms with E-state index >= 15 is 0 Å². The van der Waals surface area contributed by atoms with Crippen LogP contribution >= 0.6 is 0 Å². The summed E-state index contributed by atoms with van der Waals surface area (Å²) in [6.07, 6.45) is 25.5. The van der Waals surface area contributed by atoms with Gasteiger partial charge in [-0.2, -0.15) is 0 Å². The maximum absolute atomic E-state index is 4.88. The zero-order chi connectivity index (χ0) is 20.3. The Morgan fingerprint density at radius 2 is 0.926 bits per heavy atom. The van der Waals surface area contributed by atoms with E-state index in [2.05, 4.69) is 38.2 Å². The van der Waals surface area contributed by atoms with Crippen LogP contribution in [0.25, 0.3) is 0 Å². The highest BCUT2D eigenvalue weighted by molar-refractivity contribution is 4.81. The fourth-order valence-corrected chi connectivity index (χ4v) is 2.39. The summed E-state index contributed by atoms with van der Waals surface area (Å²) in [6, 6.07) is 0.